The molecule has 0 atom stereocenters. The van der Waals surface area contributed by atoms with Crippen molar-refractivity contribution in [2.75, 3.05) is 0 Å². The molecular formula is C7H4BrN3O2. The Bertz CT molecular complexity index is 480. The van der Waals surface area contributed by atoms with Gasteiger partial charge in [0.05, 0.1) is 11.8 Å². The smallest absolute Gasteiger partial charge is 0.339 e. The molecule has 0 radical (unpaired) electrons. The average molecular weight is 242 g/mol. The van der Waals surface area contributed by atoms with Crippen molar-refractivity contribution in [3.05, 3.63) is 22.7 Å². The van der Waals surface area contributed by atoms with E-state index >= 15 is 0 Å². The van der Waals surface area contributed by atoms with Gasteiger partial charge in [-0.3, -0.25) is 0 Å². The SMILES string of the molecule is O=C(O)c1cnc(Br)c2[nH]cnc12. The Kier molecular flexibility index (Phi) is 1.77. The molecule has 0 spiro atoms. The normalized spacial score (nSPS) is 10.5. The summed E-state index contributed by atoms with van der Waals surface area (Å²) >= 11 is 3.18. The van der Waals surface area contributed by atoms with E-state index in [4.69, 9.17) is 5.11 Å². The first-order valence-electron chi connectivity index (χ1n) is 3.41. The molecule has 0 aliphatic rings. The molecule has 66 valence electrons. The molecule has 0 amide bonds. The summed E-state index contributed by atoms with van der Waals surface area (Å²) in [5.41, 5.74) is 1.11. The van der Waals surface area contributed by atoms with Crippen molar-refractivity contribution in [1.82, 2.24) is 15.0 Å². The maximum atomic E-state index is 10.7. The van der Waals surface area contributed by atoms with Crippen LogP contribution in [0.1, 0.15) is 10.4 Å². The van der Waals surface area contributed by atoms with Crippen molar-refractivity contribution >= 4 is 32.9 Å². The van der Waals surface area contributed by atoms with Gasteiger partial charge < -0.3 is 10.1 Å². The molecule has 0 aromatic carbocycles. The first-order chi connectivity index (χ1) is 6.20. The quantitative estimate of drug-likeness (QED) is 0.741. The van der Waals surface area contributed by atoms with Gasteiger partial charge in [0.1, 0.15) is 15.7 Å². The molecular weight excluding hydrogens is 238 g/mol. The highest BCUT2D eigenvalue weighted by atomic mass is 79.9. The van der Waals surface area contributed by atoms with Crippen molar-refractivity contribution in [2.45, 2.75) is 0 Å². The molecule has 0 aliphatic heterocycles. The second-order valence-corrected chi connectivity index (χ2v) is 3.15. The lowest BCUT2D eigenvalue weighted by atomic mass is 10.2. The highest BCUT2D eigenvalue weighted by Gasteiger charge is 2.13. The topological polar surface area (TPSA) is 78.9 Å². The summed E-state index contributed by atoms with van der Waals surface area (Å²) in [6.07, 6.45) is 2.71. The fraction of sp³-hybridized carbons (Fsp3) is 0. The van der Waals surface area contributed by atoms with Crippen LogP contribution in [0.3, 0.4) is 0 Å². The van der Waals surface area contributed by atoms with Crippen LogP contribution in [0.2, 0.25) is 0 Å². The van der Waals surface area contributed by atoms with Gasteiger partial charge >= 0.3 is 5.97 Å². The van der Waals surface area contributed by atoms with Crippen LogP contribution in [0.15, 0.2) is 17.1 Å². The van der Waals surface area contributed by atoms with E-state index in [9.17, 15) is 4.79 Å². The third kappa shape index (κ3) is 1.19. The molecule has 2 aromatic heterocycles. The number of rotatable bonds is 1. The highest BCUT2D eigenvalue weighted by Crippen LogP contribution is 2.20. The monoisotopic (exact) mass is 241 g/mol. The minimum atomic E-state index is -1.03. The zero-order valence-electron chi connectivity index (χ0n) is 6.28. The zero-order valence-corrected chi connectivity index (χ0v) is 7.87. The Balaban J connectivity index is 2.86. The predicted molar refractivity (Wildman–Crippen MR) is 48.5 cm³/mol. The Morgan fingerprint density at radius 2 is 2.31 bits per heavy atom. The van der Waals surface area contributed by atoms with Gasteiger partial charge in [0.25, 0.3) is 0 Å². The number of aromatic carboxylic acids is 1. The van der Waals surface area contributed by atoms with Crippen LogP contribution in [0.25, 0.3) is 11.0 Å². The molecule has 0 unspecified atom stereocenters. The van der Waals surface area contributed by atoms with Gasteiger partial charge in [0.2, 0.25) is 0 Å². The van der Waals surface area contributed by atoms with Crippen LogP contribution >= 0.6 is 15.9 Å². The van der Waals surface area contributed by atoms with Crippen LogP contribution in [-0.2, 0) is 0 Å². The Hall–Kier alpha value is -1.43. The lowest BCUT2D eigenvalue weighted by Gasteiger charge is -1.96. The summed E-state index contributed by atoms with van der Waals surface area (Å²) in [6.45, 7) is 0. The number of aromatic nitrogens is 3. The lowest BCUT2D eigenvalue weighted by molar-refractivity contribution is 0.0698. The van der Waals surface area contributed by atoms with E-state index in [1.54, 1.807) is 0 Å². The molecule has 2 N–H and O–H groups in total. The van der Waals surface area contributed by atoms with Crippen LogP contribution in [0.4, 0.5) is 0 Å². The summed E-state index contributed by atoms with van der Waals surface area (Å²) < 4.78 is 0.560. The molecule has 0 saturated carbocycles. The van der Waals surface area contributed by atoms with Crippen molar-refractivity contribution in [1.29, 1.82) is 0 Å². The van der Waals surface area contributed by atoms with Crippen molar-refractivity contribution < 1.29 is 9.90 Å². The average Bonchev–Trinajstić information content (AvgIpc) is 2.53. The molecule has 2 aromatic rings. The molecule has 5 nitrogen and oxygen atoms in total. The third-order valence-electron chi connectivity index (χ3n) is 1.64. The molecule has 0 fully saturated rings. The predicted octanol–water partition coefficient (Wildman–Crippen LogP) is 1.42. The van der Waals surface area contributed by atoms with Crippen LogP contribution in [0.5, 0.6) is 0 Å². The van der Waals surface area contributed by atoms with Gasteiger partial charge in [-0.15, -0.1) is 0 Å². The summed E-state index contributed by atoms with van der Waals surface area (Å²) in [6, 6.07) is 0. The second kappa shape index (κ2) is 2.81. The highest BCUT2D eigenvalue weighted by molar-refractivity contribution is 9.10. The van der Waals surface area contributed by atoms with Gasteiger partial charge in [0.15, 0.2) is 0 Å². The van der Waals surface area contributed by atoms with E-state index in [-0.39, 0.29) is 5.56 Å². The number of imidazole rings is 1. The number of fused-ring (bicyclic) bond motifs is 1. The fourth-order valence-corrected chi connectivity index (χ4v) is 1.46. The first kappa shape index (κ1) is 8.18. The van der Waals surface area contributed by atoms with E-state index < -0.39 is 5.97 Å². The van der Waals surface area contributed by atoms with Crippen molar-refractivity contribution in [3.8, 4) is 0 Å². The number of carboxylic acid groups (broad SMARTS) is 1. The lowest BCUT2D eigenvalue weighted by Crippen LogP contribution is -1.98. The molecule has 0 saturated heterocycles. The minimum Gasteiger partial charge on any atom is -0.478 e. The number of H-pyrrole nitrogens is 1. The Labute approximate surface area is 80.9 Å². The minimum absolute atomic E-state index is 0.0967. The zero-order chi connectivity index (χ0) is 9.42. The standard InChI is InChI=1S/C7H4BrN3O2/c8-6-5-4(10-2-11-5)3(1-9-6)7(12)13/h1-2H,(H,10,11)(H,12,13). The van der Waals surface area contributed by atoms with Gasteiger partial charge in [-0.2, -0.15) is 0 Å². The molecule has 0 bridgehead atoms. The number of nitrogens with one attached hydrogen (secondary N) is 1. The van der Waals surface area contributed by atoms with E-state index in [0.717, 1.165) is 0 Å². The van der Waals surface area contributed by atoms with Crippen LogP contribution in [-0.4, -0.2) is 26.0 Å². The van der Waals surface area contributed by atoms with Crippen LogP contribution < -0.4 is 0 Å². The molecule has 2 heterocycles. The summed E-state index contributed by atoms with van der Waals surface area (Å²) in [5, 5.41) is 8.78. The van der Waals surface area contributed by atoms with Crippen molar-refractivity contribution in [2.24, 2.45) is 0 Å². The Morgan fingerprint density at radius 3 is 3.00 bits per heavy atom. The number of hydrogen-bond acceptors (Lipinski definition) is 3. The van der Waals surface area contributed by atoms with E-state index in [0.29, 0.717) is 15.6 Å². The maximum Gasteiger partial charge on any atom is 0.339 e. The van der Waals surface area contributed by atoms with Gasteiger partial charge in [0, 0.05) is 6.20 Å². The molecule has 0 aliphatic carbocycles. The molecule has 6 heteroatoms. The third-order valence-corrected chi connectivity index (χ3v) is 2.24. The van der Waals surface area contributed by atoms with Gasteiger partial charge in [-0.25, -0.2) is 14.8 Å². The van der Waals surface area contributed by atoms with E-state index in [1.807, 2.05) is 0 Å². The number of carbonyl (C=O) groups is 1. The summed E-state index contributed by atoms with van der Waals surface area (Å²) in [4.78, 5) is 21.3. The van der Waals surface area contributed by atoms with Gasteiger partial charge in [-0.05, 0) is 15.9 Å². The number of aromatic amines is 1. The molecule has 2 rings (SSSR count). The Morgan fingerprint density at radius 1 is 1.54 bits per heavy atom. The number of pyridine rings is 1. The van der Waals surface area contributed by atoms with Crippen molar-refractivity contribution in [3.63, 3.8) is 0 Å². The maximum absolute atomic E-state index is 10.7. The number of carboxylic acids is 1. The van der Waals surface area contributed by atoms with E-state index in [2.05, 4.69) is 30.9 Å². The largest absolute Gasteiger partial charge is 0.478 e. The number of nitrogens with zero attached hydrogens (tertiary/aromatic N) is 2. The van der Waals surface area contributed by atoms with Crippen LogP contribution in [0, 0.1) is 0 Å². The number of halogens is 1. The number of hydrogen-bond donors (Lipinski definition) is 2. The second-order valence-electron chi connectivity index (χ2n) is 2.39. The molecule has 13 heavy (non-hydrogen) atoms. The fourth-order valence-electron chi connectivity index (χ4n) is 1.06. The summed E-state index contributed by atoms with van der Waals surface area (Å²) in [7, 11) is 0. The van der Waals surface area contributed by atoms with E-state index in [1.165, 1.54) is 12.5 Å². The van der Waals surface area contributed by atoms with Gasteiger partial charge in [-0.1, -0.05) is 0 Å². The summed E-state index contributed by atoms with van der Waals surface area (Å²) in [5.74, 6) is -1.03. The first-order valence-corrected chi connectivity index (χ1v) is 4.20.